The van der Waals surface area contributed by atoms with Crippen molar-refractivity contribution < 1.29 is 13.9 Å². The van der Waals surface area contributed by atoms with E-state index in [1.54, 1.807) is 23.6 Å². The summed E-state index contributed by atoms with van der Waals surface area (Å²) < 4.78 is 20.4. The maximum absolute atomic E-state index is 13.1. The van der Waals surface area contributed by atoms with Gasteiger partial charge < -0.3 is 10.1 Å². The number of rotatable bonds is 6. The molecule has 1 amide bonds. The zero-order chi connectivity index (χ0) is 21.1. The van der Waals surface area contributed by atoms with Gasteiger partial charge in [-0.3, -0.25) is 14.2 Å². The predicted octanol–water partition coefficient (Wildman–Crippen LogP) is 3.83. The molecule has 0 bridgehead atoms. The van der Waals surface area contributed by atoms with Crippen molar-refractivity contribution >= 4 is 34.3 Å². The van der Waals surface area contributed by atoms with E-state index in [0.29, 0.717) is 34.9 Å². The van der Waals surface area contributed by atoms with E-state index in [0.717, 1.165) is 12.8 Å². The van der Waals surface area contributed by atoms with E-state index in [1.807, 2.05) is 12.1 Å². The second-order valence-electron chi connectivity index (χ2n) is 7.22. The van der Waals surface area contributed by atoms with Crippen LogP contribution in [0.25, 0.3) is 10.9 Å². The van der Waals surface area contributed by atoms with Crippen LogP contribution in [0.5, 0.6) is 0 Å². The second-order valence-corrected chi connectivity index (χ2v) is 8.53. The zero-order valence-corrected chi connectivity index (χ0v) is 17.3. The third kappa shape index (κ3) is 4.55. The molecule has 2 heterocycles. The lowest BCUT2D eigenvalue weighted by Crippen LogP contribution is -2.30. The van der Waals surface area contributed by atoms with E-state index in [2.05, 4.69) is 10.3 Å². The standard InChI is InChI=1S/C22H22FN3O3S/c1-14(20(27)24-16-10-8-15(23)9-11-16)30-22-25-19-7-3-2-6-18(19)21(28)26(22)13-17-5-4-12-29-17/h2-3,6-11,14,17H,4-5,12-13H2,1H3,(H,24,27)/t14-,17-/m1/s1. The first-order valence-electron chi connectivity index (χ1n) is 9.85. The van der Waals surface area contributed by atoms with Crippen LogP contribution in [0.1, 0.15) is 19.8 Å². The Kier molecular flexibility index (Phi) is 6.15. The molecule has 0 saturated carbocycles. The Morgan fingerprint density at radius 1 is 1.30 bits per heavy atom. The van der Waals surface area contributed by atoms with Gasteiger partial charge in [-0.25, -0.2) is 9.37 Å². The first-order chi connectivity index (χ1) is 14.5. The number of hydrogen-bond donors (Lipinski definition) is 1. The highest BCUT2D eigenvalue weighted by Crippen LogP contribution is 2.25. The molecule has 8 heteroatoms. The van der Waals surface area contributed by atoms with Crippen LogP contribution < -0.4 is 10.9 Å². The highest BCUT2D eigenvalue weighted by atomic mass is 32.2. The van der Waals surface area contributed by atoms with Crippen LogP contribution >= 0.6 is 11.8 Å². The summed E-state index contributed by atoms with van der Waals surface area (Å²) in [7, 11) is 0. The van der Waals surface area contributed by atoms with Gasteiger partial charge >= 0.3 is 0 Å². The number of thioether (sulfide) groups is 1. The molecule has 0 spiro atoms. The number of halogens is 1. The van der Waals surface area contributed by atoms with Gasteiger partial charge in [0.15, 0.2) is 5.16 Å². The molecule has 4 rings (SSSR count). The monoisotopic (exact) mass is 427 g/mol. The van der Waals surface area contributed by atoms with Crippen molar-refractivity contribution in [1.29, 1.82) is 0 Å². The van der Waals surface area contributed by atoms with Gasteiger partial charge in [-0.15, -0.1) is 0 Å². The summed E-state index contributed by atoms with van der Waals surface area (Å²) in [4.78, 5) is 30.4. The number of aromatic nitrogens is 2. The van der Waals surface area contributed by atoms with Gasteiger partial charge in [-0.2, -0.15) is 0 Å². The number of fused-ring (bicyclic) bond motifs is 1. The number of benzene rings is 2. The molecule has 156 valence electrons. The first-order valence-corrected chi connectivity index (χ1v) is 10.7. The summed E-state index contributed by atoms with van der Waals surface area (Å²) in [5.74, 6) is -0.619. The Labute approximate surface area is 177 Å². The summed E-state index contributed by atoms with van der Waals surface area (Å²) >= 11 is 1.22. The molecule has 1 aromatic heterocycles. The maximum Gasteiger partial charge on any atom is 0.262 e. The number of amides is 1. The van der Waals surface area contributed by atoms with Crippen molar-refractivity contribution in [3.8, 4) is 0 Å². The molecule has 2 atom stereocenters. The van der Waals surface area contributed by atoms with Crippen LogP contribution in [0.3, 0.4) is 0 Å². The number of para-hydroxylation sites is 1. The molecule has 3 aromatic rings. The maximum atomic E-state index is 13.1. The first kappa shape index (κ1) is 20.6. The van der Waals surface area contributed by atoms with Crippen LogP contribution in [0.4, 0.5) is 10.1 Å². The van der Waals surface area contributed by atoms with Crippen molar-refractivity contribution in [1.82, 2.24) is 9.55 Å². The predicted molar refractivity (Wildman–Crippen MR) is 115 cm³/mol. The van der Waals surface area contributed by atoms with Crippen LogP contribution in [0, 0.1) is 5.82 Å². The van der Waals surface area contributed by atoms with Gasteiger partial charge in [0.1, 0.15) is 5.82 Å². The minimum Gasteiger partial charge on any atom is -0.376 e. The quantitative estimate of drug-likeness (QED) is 0.478. The summed E-state index contributed by atoms with van der Waals surface area (Å²) in [6.45, 7) is 2.85. The summed E-state index contributed by atoms with van der Waals surface area (Å²) in [6, 6.07) is 12.8. The van der Waals surface area contributed by atoms with Gasteiger partial charge in [0.2, 0.25) is 5.91 Å². The Balaban J connectivity index is 1.60. The fourth-order valence-electron chi connectivity index (χ4n) is 3.38. The SMILES string of the molecule is C[C@@H](Sc1nc2ccccc2c(=O)n1C[C@H]1CCCO1)C(=O)Nc1ccc(F)cc1. The van der Waals surface area contributed by atoms with E-state index in [1.165, 1.54) is 36.0 Å². The smallest absolute Gasteiger partial charge is 0.262 e. The Bertz CT molecular complexity index is 1110. The number of ether oxygens (including phenoxy) is 1. The Morgan fingerprint density at radius 2 is 2.07 bits per heavy atom. The molecule has 30 heavy (non-hydrogen) atoms. The molecule has 1 N–H and O–H groups in total. The normalized spacial score (nSPS) is 17.2. The van der Waals surface area contributed by atoms with E-state index in [4.69, 9.17) is 4.74 Å². The largest absolute Gasteiger partial charge is 0.376 e. The molecule has 0 aliphatic carbocycles. The molecule has 1 fully saturated rings. The van der Waals surface area contributed by atoms with Gasteiger partial charge in [-0.05, 0) is 56.2 Å². The number of hydrogen-bond acceptors (Lipinski definition) is 5. The van der Waals surface area contributed by atoms with E-state index < -0.39 is 5.25 Å². The van der Waals surface area contributed by atoms with E-state index in [-0.39, 0.29) is 23.4 Å². The van der Waals surface area contributed by atoms with Gasteiger partial charge in [0, 0.05) is 12.3 Å². The average molecular weight is 428 g/mol. The highest BCUT2D eigenvalue weighted by molar-refractivity contribution is 8.00. The van der Waals surface area contributed by atoms with Crippen LogP contribution in [-0.2, 0) is 16.1 Å². The third-order valence-electron chi connectivity index (χ3n) is 5.00. The minimum absolute atomic E-state index is 0.0339. The van der Waals surface area contributed by atoms with Crippen molar-refractivity contribution in [2.45, 2.75) is 42.8 Å². The third-order valence-corrected chi connectivity index (χ3v) is 6.09. The second kappa shape index (κ2) is 8.97. The summed E-state index contributed by atoms with van der Waals surface area (Å²) in [6.07, 6.45) is 1.83. The zero-order valence-electron chi connectivity index (χ0n) is 16.5. The highest BCUT2D eigenvalue weighted by Gasteiger charge is 2.23. The number of nitrogens with zero attached hydrogens (tertiary/aromatic N) is 2. The Morgan fingerprint density at radius 3 is 2.80 bits per heavy atom. The van der Waals surface area contributed by atoms with Crippen molar-refractivity contribution in [2.24, 2.45) is 0 Å². The van der Waals surface area contributed by atoms with Crippen LogP contribution in [0.15, 0.2) is 58.5 Å². The van der Waals surface area contributed by atoms with Crippen LogP contribution in [0.2, 0.25) is 0 Å². The van der Waals surface area contributed by atoms with Gasteiger partial charge in [-0.1, -0.05) is 23.9 Å². The fraction of sp³-hybridized carbons (Fsp3) is 0.318. The van der Waals surface area contributed by atoms with Crippen molar-refractivity contribution in [3.63, 3.8) is 0 Å². The van der Waals surface area contributed by atoms with Gasteiger partial charge in [0.05, 0.1) is 28.8 Å². The van der Waals surface area contributed by atoms with E-state index in [9.17, 15) is 14.0 Å². The lowest BCUT2D eigenvalue weighted by Gasteiger charge is -2.18. The number of anilines is 1. The summed E-state index contributed by atoms with van der Waals surface area (Å²) in [5.41, 5.74) is 0.974. The lowest BCUT2D eigenvalue weighted by atomic mass is 10.2. The average Bonchev–Trinajstić information content (AvgIpc) is 3.26. The molecular formula is C22H22FN3O3S. The topological polar surface area (TPSA) is 73.2 Å². The van der Waals surface area contributed by atoms with E-state index >= 15 is 0 Å². The molecule has 0 radical (unpaired) electrons. The number of carbonyl (C=O) groups excluding carboxylic acids is 1. The molecule has 1 aliphatic heterocycles. The molecular weight excluding hydrogens is 405 g/mol. The molecule has 1 aliphatic rings. The Hall–Kier alpha value is -2.71. The number of nitrogens with one attached hydrogen (secondary N) is 1. The lowest BCUT2D eigenvalue weighted by molar-refractivity contribution is -0.115. The molecule has 6 nitrogen and oxygen atoms in total. The molecule has 2 aromatic carbocycles. The molecule has 1 saturated heterocycles. The summed E-state index contributed by atoms with van der Waals surface area (Å²) in [5, 5.41) is 3.28. The van der Waals surface area contributed by atoms with Crippen LogP contribution in [-0.4, -0.2) is 33.4 Å². The fourth-order valence-corrected chi connectivity index (χ4v) is 4.30. The van der Waals surface area contributed by atoms with Gasteiger partial charge in [0.25, 0.3) is 5.56 Å². The van der Waals surface area contributed by atoms with Crippen molar-refractivity contribution in [2.75, 3.05) is 11.9 Å². The minimum atomic E-state index is -0.515. The van der Waals surface area contributed by atoms with Crippen molar-refractivity contribution in [3.05, 3.63) is 64.7 Å². The number of carbonyl (C=O) groups is 1. The molecule has 0 unspecified atom stereocenters.